The monoisotopic (exact) mass is 214 g/mol. The van der Waals surface area contributed by atoms with E-state index in [-0.39, 0.29) is 0 Å². The van der Waals surface area contributed by atoms with Crippen LogP contribution in [-0.2, 0) is 0 Å². The van der Waals surface area contributed by atoms with Crippen molar-refractivity contribution in [3.05, 3.63) is 39.9 Å². The van der Waals surface area contributed by atoms with Crippen LogP contribution in [-0.4, -0.2) is 0 Å². The molecule has 0 saturated carbocycles. The van der Waals surface area contributed by atoms with E-state index in [2.05, 4.69) is 19.9 Å². The summed E-state index contributed by atoms with van der Waals surface area (Å²) in [6, 6.07) is 5.64. The van der Waals surface area contributed by atoms with Gasteiger partial charge in [0.2, 0.25) is 0 Å². The second-order valence-corrected chi connectivity index (χ2v) is 4.03. The molecule has 13 heavy (non-hydrogen) atoms. The smallest absolute Gasteiger partial charge is 0.0664 e. The van der Waals surface area contributed by atoms with E-state index in [4.69, 9.17) is 23.2 Å². The molecule has 0 atom stereocenters. The first-order chi connectivity index (χ1) is 6.11. The van der Waals surface area contributed by atoms with Gasteiger partial charge in [-0.3, -0.25) is 0 Å². The van der Waals surface area contributed by atoms with Gasteiger partial charge in [0.05, 0.1) is 10.0 Å². The van der Waals surface area contributed by atoms with Crippen molar-refractivity contribution < 1.29 is 0 Å². The molecule has 70 valence electrons. The molecule has 1 aromatic rings. The van der Waals surface area contributed by atoms with Crippen molar-refractivity contribution in [1.82, 2.24) is 0 Å². The lowest BCUT2D eigenvalue weighted by Crippen LogP contribution is -1.79. The first-order valence-corrected chi connectivity index (χ1v) is 4.99. The quantitative estimate of drug-likeness (QED) is 0.672. The van der Waals surface area contributed by atoms with E-state index >= 15 is 0 Å². The lowest BCUT2D eigenvalue weighted by molar-refractivity contribution is 0.836. The van der Waals surface area contributed by atoms with E-state index < -0.39 is 0 Å². The SMILES string of the molecule is CC(C)/C=C/c1cccc(Cl)c1Cl. The summed E-state index contributed by atoms with van der Waals surface area (Å²) in [7, 11) is 0. The molecule has 0 aliphatic rings. The fourth-order valence-electron chi connectivity index (χ4n) is 0.945. The van der Waals surface area contributed by atoms with Gasteiger partial charge in [-0.2, -0.15) is 0 Å². The maximum absolute atomic E-state index is 5.99. The third-order valence-electron chi connectivity index (χ3n) is 1.64. The number of rotatable bonds is 2. The van der Waals surface area contributed by atoms with Crippen molar-refractivity contribution in [2.45, 2.75) is 13.8 Å². The van der Waals surface area contributed by atoms with Crippen LogP contribution in [0.25, 0.3) is 6.08 Å². The lowest BCUT2D eigenvalue weighted by Gasteiger charge is -2.00. The Hall–Kier alpha value is -0.460. The van der Waals surface area contributed by atoms with Crippen LogP contribution >= 0.6 is 23.2 Å². The molecule has 1 aromatic carbocycles. The largest absolute Gasteiger partial charge is 0.0827 e. The first kappa shape index (κ1) is 10.6. The zero-order chi connectivity index (χ0) is 9.84. The summed E-state index contributed by atoms with van der Waals surface area (Å²) in [5.41, 5.74) is 0.975. The number of hydrogen-bond acceptors (Lipinski definition) is 0. The number of benzene rings is 1. The Bertz CT molecular complexity index is 314. The minimum Gasteiger partial charge on any atom is -0.0827 e. The van der Waals surface area contributed by atoms with Gasteiger partial charge < -0.3 is 0 Å². The molecule has 0 bridgehead atoms. The Morgan fingerprint density at radius 3 is 2.54 bits per heavy atom. The molecule has 0 spiro atoms. The summed E-state index contributed by atoms with van der Waals surface area (Å²) in [5.74, 6) is 0.523. The molecule has 0 aliphatic heterocycles. The molecule has 0 unspecified atom stereocenters. The first-order valence-electron chi connectivity index (χ1n) is 4.23. The molecule has 0 amide bonds. The van der Waals surface area contributed by atoms with Gasteiger partial charge in [-0.25, -0.2) is 0 Å². The van der Waals surface area contributed by atoms with E-state index in [0.29, 0.717) is 16.0 Å². The highest BCUT2D eigenvalue weighted by atomic mass is 35.5. The van der Waals surface area contributed by atoms with Crippen molar-refractivity contribution in [3.8, 4) is 0 Å². The average Bonchev–Trinajstić information content (AvgIpc) is 2.07. The van der Waals surface area contributed by atoms with Gasteiger partial charge in [-0.1, -0.05) is 61.3 Å². The van der Waals surface area contributed by atoms with Crippen molar-refractivity contribution in [2.75, 3.05) is 0 Å². The zero-order valence-electron chi connectivity index (χ0n) is 7.72. The molecule has 0 saturated heterocycles. The van der Waals surface area contributed by atoms with Crippen LogP contribution in [0, 0.1) is 5.92 Å². The number of allylic oxidation sites excluding steroid dienone is 1. The maximum atomic E-state index is 5.99. The van der Waals surface area contributed by atoms with Crippen LogP contribution in [0.1, 0.15) is 19.4 Å². The minimum absolute atomic E-state index is 0.523. The Morgan fingerprint density at radius 1 is 1.23 bits per heavy atom. The Balaban J connectivity index is 2.95. The van der Waals surface area contributed by atoms with Crippen LogP contribution in [0.2, 0.25) is 10.0 Å². The Labute approximate surface area is 89.2 Å². The number of halogens is 2. The zero-order valence-corrected chi connectivity index (χ0v) is 9.23. The van der Waals surface area contributed by atoms with Crippen LogP contribution in [0.15, 0.2) is 24.3 Å². The molecule has 0 radical (unpaired) electrons. The van der Waals surface area contributed by atoms with E-state index in [9.17, 15) is 0 Å². The van der Waals surface area contributed by atoms with Gasteiger partial charge in [0.25, 0.3) is 0 Å². The van der Waals surface area contributed by atoms with Crippen molar-refractivity contribution in [3.63, 3.8) is 0 Å². The molecule has 0 aromatic heterocycles. The molecular weight excluding hydrogens is 203 g/mol. The fraction of sp³-hybridized carbons (Fsp3) is 0.273. The Morgan fingerprint density at radius 2 is 1.92 bits per heavy atom. The molecular formula is C11H12Cl2. The average molecular weight is 215 g/mol. The van der Waals surface area contributed by atoms with Gasteiger partial charge in [-0.05, 0) is 17.5 Å². The summed E-state index contributed by atoms with van der Waals surface area (Å²) < 4.78 is 0. The van der Waals surface area contributed by atoms with Gasteiger partial charge in [0, 0.05) is 0 Å². The van der Waals surface area contributed by atoms with Crippen LogP contribution < -0.4 is 0 Å². The lowest BCUT2D eigenvalue weighted by atomic mass is 10.1. The third kappa shape index (κ3) is 3.06. The molecule has 0 fully saturated rings. The van der Waals surface area contributed by atoms with Gasteiger partial charge in [-0.15, -0.1) is 0 Å². The maximum Gasteiger partial charge on any atom is 0.0664 e. The molecule has 0 aliphatic carbocycles. The second kappa shape index (κ2) is 4.69. The summed E-state index contributed by atoms with van der Waals surface area (Å²) >= 11 is 11.9. The van der Waals surface area contributed by atoms with Crippen LogP contribution in [0.4, 0.5) is 0 Å². The Kier molecular flexibility index (Phi) is 3.83. The molecule has 1 rings (SSSR count). The van der Waals surface area contributed by atoms with Crippen LogP contribution in [0.3, 0.4) is 0 Å². The molecule has 0 N–H and O–H groups in total. The topological polar surface area (TPSA) is 0 Å². The summed E-state index contributed by atoms with van der Waals surface area (Å²) in [4.78, 5) is 0. The van der Waals surface area contributed by atoms with Crippen molar-refractivity contribution in [2.24, 2.45) is 5.92 Å². The minimum atomic E-state index is 0.523. The summed E-state index contributed by atoms with van der Waals surface area (Å²) in [5, 5.41) is 1.23. The molecule has 0 heterocycles. The highest BCUT2D eigenvalue weighted by molar-refractivity contribution is 6.42. The second-order valence-electron chi connectivity index (χ2n) is 3.25. The normalized spacial score (nSPS) is 11.5. The number of hydrogen-bond donors (Lipinski definition) is 0. The van der Waals surface area contributed by atoms with Crippen molar-refractivity contribution >= 4 is 29.3 Å². The van der Waals surface area contributed by atoms with E-state index in [1.807, 2.05) is 18.2 Å². The van der Waals surface area contributed by atoms with Crippen molar-refractivity contribution in [1.29, 1.82) is 0 Å². The highest BCUT2D eigenvalue weighted by Gasteiger charge is 2.00. The summed E-state index contributed by atoms with van der Waals surface area (Å²) in [6.07, 6.45) is 4.09. The van der Waals surface area contributed by atoms with Crippen LogP contribution in [0.5, 0.6) is 0 Å². The highest BCUT2D eigenvalue weighted by Crippen LogP contribution is 2.26. The predicted octanol–water partition coefficient (Wildman–Crippen LogP) is 4.66. The van der Waals surface area contributed by atoms with E-state index in [1.54, 1.807) is 6.07 Å². The van der Waals surface area contributed by atoms with Gasteiger partial charge in [0.15, 0.2) is 0 Å². The van der Waals surface area contributed by atoms with E-state index in [0.717, 1.165) is 5.56 Å². The van der Waals surface area contributed by atoms with Gasteiger partial charge >= 0.3 is 0 Å². The fourth-order valence-corrected chi connectivity index (χ4v) is 1.32. The standard InChI is InChI=1S/C11H12Cl2/c1-8(2)6-7-9-4-3-5-10(12)11(9)13/h3-8H,1-2H3/b7-6+. The third-order valence-corrected chi connectivity index (χ3v) is 2.48. The van der Waals surface area contributed by atoms with Gasteiger partial charge in [0.1, 0.15) is 0 Å². The summed E-state index contributed by atoms with van der Waals surface area (Å²) in [6.45, 7) is 4.24. The molecule has 2 heteroatoms. The molecule has 0 nitrogen and oxygen atoms in total. The predicted molar refractivity (Wildman–Crippen MR) is 60.3 cm³/mol. The van der Waals surface area contributed by atoms with E-state index in [1.165, 1.54) is 0 Å².